The zero-order valence-electron chi connectivity index (χ0n) is 11.4. The first kappa shape index (κ1) is 14.2. The Labute approximate surface area is 113 Å². The smallest absolute Gasteiger partial charge is 0.151 e. The maximum absolute atomic E-state index is 13.2. The number of Topliss-reactive ketones (excluding diaryl/α,β-unsaturated/α-hetero) is 1. The molecule has 0 radical (unpaired) electrons. The van der Waals surface area contributed by atoms with Crippen LogP contribution in [0.3, 0.4) is 0 Å². The van der Waals surface area contributed by atoms with E-state index in [2.05, 4.69) is 4.90 Å². The Bertz CT molecular complexity index is 453. The average Bonchev–Trinajstić information content (AvgIpc) is 2.37. The zero-order valence-corrected chi connectivity index (χ0v) is 11.4. The molecule has 1 aliphatic heterocycles. The predicted octanol–water partition coefficient (Wildman–Crippen LogP) is 1.67. The van der Waals surface area contributed by atoms with Crippen LogP contribution in [-0.4, -0.2) is 36.4 Å². The SMILES string of the molecule is Cc1ccc(F)cc1CC(=O)CN1CCC(N)CC1. The first-order valence-corrected chi connectivity index (χ1v) is 6.79. The lowest BCUT2D eigenvalue weighted by Crippen LogP contribution is -2.42. The number of likely N-dealkylation sites (tertiary alicyclic amines) is 1. The Morgan fingerprint density at radius 2 is 2.11 bits per heavy atom. The molecule has 0 spiro atoms. The second kappa shape index (κ2) is 6.26. The number of ketones is 1. The molecule has 4 heteroatoms. The summed E-state index contributed by atoms with van der Waals surface area (Å²) in [7, 11) is 0. The van der Waals surface area contributed by atoms with E-state index in [9.17, 15) is 9.18 Å². The quantitative estimate of drug-likeness (QED) is 0.900. The number of nitrogens with two attached hydrogens (primary N) is 1. The molecular formula is C15H21FN2O. The zero-order chi connectivity index (χ0) is 13.8. The standard InChI is InChI=1S/C15H21FN2O/c1-11-2-3-13(16)8-12(11)9-15(19)10-18-6-4-14(17)5-7-18/h2-3,8,14H,4-7,9-10,17H2,1H3. The Hall–Kier alpha value is -1.26. The topological polar surface area (TPSA) is 46.3 Å². The second-order valence-corrected chi connectivity index (χ2v) is 5.40. The van der Waals surface area contributed by atoms with Crippen LogP contribution in [-0.2, 0) is 11.2 Å². The molecule has 2 rings (SSSR count). The first-order chi connectivity index (χ1) is 9.04. The molecule has 19 heavy (non-hydrogen) atoms. The van der Waals surface area contributed by atoms with E-state index in [4.69, 9.17) is 5.73 Å². The Morgan fingerprint density at radius 3 is 2.79 bits per heavy atom. The van der Waals surface area contributed by atoms with Gasteiger partial charge in [0, 0.05) is 25.6 Å². The van der Waals surface area contributed by atoms with E-state index in [-0.39, 0.29) is 17.6 Å². The lowest BCUT2D eigenvalue weighted by atomic mass is 10.0. The van der Waals surface area contributed by atoms with Crippen molar-refractivity contribution in [2.24, 2.45) is 5.73 Å². The third-order valence-corrected chi connectivity index (χ3v) is 3.73. The number of piperidine rings is 1. The number of aryl methyl sites for hydroxylation is 1. The molecule has 1 aromatic carbocycles. The van der Waals surface area contributed by atoms with Crippen LogP contribution in [0.1, 0.15) is 24.0 Å². The lowest BCUT2D eigenvalue weighted by Gasteiger charge is -2.29. The van der Waals surface area contributed by atoms with Crippen molar-refractivity contribution in [3.05, 3.63) is 35.1 Å². The molecule has 0 aromatic heterocycles. The van der Waals surface area contributed by atoms with Gasteiger partial charge in [0.15, 0.2) is 5.78 Å². The molecule has 0 atom stereocenters. The summed E-state index contributed by atoms with van der Waals surface area (Å²) in [5, 5.41) is 0. The summed E-state index contributed by atoms with van der Waals surface area (Å²) in [5.74, 6) is -0.137. The minimum absolute atomic E-state index is 0.143. The summed E-state index contributed by atoms with van der Waals surface area (Å²) in [5.41, 5.74) is 7.59. The molecule has 1 fully saturated rings. The van der Waals surface area contributed by atoms with Gasteiger partial charge in [-0.25, -0.2) is 4.39 Å². The Kier molecular flexibility index (Phi) is 4.66. The van der Waals surface area contributed by atoms with E-state index in [0.717, 1.165) is 37.1 Å². The maximum Gasteiger partial charge on any atom is 0.151 e. The molecule has 0 amide bonds. The molecule has 1 heterocycles. The van der Waals surface area contributed by atoms with Crippen molar-refractivity contribution in [3.63, 3.8) is 0 Å². The van der Waals surface area contributed by atoms with Crippen LogP contribution in [0.5, 0.6) is 0 Å². The highest BCUT2D eigenvalue weighted by molar-refractivity contribution is 5.83. The number of hydrogen-bond donors (Lipinski definition) is 1. The van der Waals surface area contributed by atoms with Gasteiger partial charge in [0.1, 0.15) is 5.82 Å². The number of hydrogen-bond acceptors (Lipinski definition) is 3. The van der Waals surface area contributed by atoms with Gasteiger partial charge >= 0.3 is 0 Å². The van der Waals surface area contributed by atoms with E-state index in [1.54, 1.807) is 6.07 Å². The third-order valence-electron chi connectivity index (χ3n) is 3.73. The molecule has 0 bridgehead atoms. The highest BCUT2D eigenvalue weighted by atomic mass is 19.1. The van der Waals surface area contributed by atoms with Gasteiger partial charge in [-0.1, -0.05) is 6.07 Å². The van der Waals surface area contributed by atoms with Gasteiger partial charge in [0.2, 0.25) is 0 Å². The normalized spacial score (nSPS) is 17.6. The van der Waals surface area contributed by atoms with Crippen LogP contribution >= 0.6 is 0 Å². The minimum Gasteiger partial charge on any atom is -0.328 e. The minimum atomic E-state index is -0.280. The summed E-state index contributed by atoms with van der Waals surface area (Å²) in [6.07, 6.45) is 2.21. The van der Waals surface area contributed by atoms with Crippen molar-refractivity contribution in [2.45, 2.75) is 32.2 Å². The fourth-order valence-electron chi connectivity index (χ4n) is 2.46. The van der Waals surface area contributed by atoms with Gasteiger partial charge < -0.3 is 5.73 Å². The number of halogens is 1. The number of carbonyl (C=O) groups excluding carboxylic acids is 1. The van der Waals surface area contributed by atoms with Crippen LogP contribution in [0.25, 0.3) is 0 Å². The van der Waals surface area contributed by atoms with Crippen LogP contribution in [0.4, 0.5) is 4.39 Å². The van der Waals surface area contributed by atoms with Crippen molar-refractivity contribution in [1.82, 2.24) is 4.90 Å². The summed E-state index contributed by atoms with van der Waals surface area (Å²) in [6, 6.07) is 4.88. The lowest BCUT2D eigenvalue weighted by molar-refractivity contribution is -0.119. The molecule has 0 unspecified atom stereocenters. The number of benzene rings is 1. The second-order valence-electron chi connectivity index (χ2n) is 5.40. The molecule has 1 aromatic rings. The van der Waals surface area contributed by atoms with E-state index in [0.29, 0.717) is 13.0 Å². The molecule has 0 aliphatic carbocycles. The average molecular weight is 264 g/mol. The summed E-state index contributed by atoms with van der Waals surface area (Å²) < 4.78 is 13.2. The van der Waals surface area contributed by atoms with E-state index >= 15 is 0 Å². The number of rotatable bonds is 4. The van der Waals surface area contributed by atoms with Crippen LogP contribution in [0.2, 0.25) is 0 Å². The molecule has 3 nitrogen and oxygen atoms in total. The summed E-state index contributed by atoms with van der Waals surface area (Å²) in [4.78, 5) is 14.2. The molecule has 2 N–H and O–H groups in total. The van der Waals surface area contributed by atoms with Gasteiger partial charge in [-0.2, -0.15) is 0 Å². The fraction of sp³-hybridized carbons (Fsp3) is 0.533. The fourth-order valence-corrected chi connectivity index (χ4v) is 2.46. The number of nitrogens with zero attached hydrogens (tertiary/aromatic N) is 1. The van der Waals surface area contributed by atoms with Crippen molar-refractivity contribution < 1.29 is 9.18 Å². The van der Waals surface area contributed by atoms with Crippen molar-refractivity contribution in [1.29, 1.82) is 0 Å². The molecule has 0 saturated carbocycles. The third kappa shape index (κ3) is 4.11. The number of carbonyl (C=O) groups is 1. The van der Waals surface area contributed by atoms with Crippen LogP contribution in [0.15, 0.2) is 18.2 Å². The monoisotopic (exact) mass is 264 g/mol. The van der Waals surface area contributed by atoms with Crippen molar-refractivity contribution in [3.8, 4) is 0 Å². The molecule has 1 aliphatic rings. The van der Waals surface area contributed by atoms with Crippen LogP contribution < -0.4 is 5.73 Å². The Balaban J connectivity index is 1.89. The van der Waals surface area contributed by atoms with Gasteiger partial charge in [-0.3, -0.25) is 9.69 Å². The van der Waals surface area contributed by atoms with E-state index < -0.39 is 0 Å². The predicted molar refractivity (Wildman–Crippen MR) is 73.5 cm³/mol. The summed E-state index contributed by atoms with van der Waals surface area (Å²) in [6.45, 7) is 4.12. The van der Waals surface area contributed by atoms with Gasteiger partial charge in [-0.05, 0) is 43.0 Å². The van der Waals surface area contributed by atoms with E-state index in [1.807, 2.05) is 6.92 Å². The first-order valence-electron chi connectivity index (χ1n) is 6.79. The molecule has 104 valence electrons. The van der Waals surface area contributed by atoms with Gasteiger partial charge in [0.05, 0.1) is 6.54 Å². The largest absolute Gasteiger partial charge is 0.328 e. The molecular weight excluding hydrogens is 243 g/mol. The summed E-state index contributed by atoms with van der Waals surface area (Å²) >= 11 is 0. The van der Waals surface area contributed by atoms with Gasteiger partial charge in [-0.15, -0.1) is 0 Å². The van der Waals surface area contributed by atoms with Crippen LogP contribution in [0, 0.1) is 12.7 Å². The maximum atomic E-state index is 13.2. The van der Waals surface area contributed by atoms with E-state index in [1.165, 1.54) is 12.1 Å². The van der Waals surface area contributed by atoms with Crippen molar-refractivity contribution >= 4 is 5.78 Å². The van der Waals surface area contributed by atoms with Crippen molar-refractivity contribution in [2.75, 3.05) is 19.6 Å². The van der Waals surface area contributed by atoms with Gasteiger partial charge in [0.25, 0.3) is 0 Å². The highest BCUT2D eigenvalue weighted by Crippen LogP contribution is 2.13. The Morgan fingerprint density at radius 1 is 1.42 bits per heavy atom. The molecule has 1 saturated heterocycles. The highest BCUT2D eigenvalue weighted by Gasteiger charge is 2.18.